The molecule has 5 nitrogen and oxygen atoms in total. The van der Waals surface area contributed by atoms with Crippen LogP contribution in [0.15, 0.2) is 24.3 Å². The van der Waals surface area contributed by atoms with Crippen molar-refractivity contribution in [2.24, 2.45) is 0 Å². The van der Waals surface area contributed by atoms with Gasteiger partial charge in [-0.25, -0.2) is 0 Å². The van der Waals surface area contributed by atoms with Crippen LogP contribution >= 0.6 is 0 Å². The second kappa shape index (κ2) is 6.33. The predicted octanol–water partition coefficient (Wildman–Crippen LogP) is 1.13. The number of amides is 1. The number of carbonyl (C=O) groups excluding carboxylic acids is 2. The fourth-order valence-electron chi connectivity index (χ4n) is 1.96. The smallest absolute Gasteiger partial charge is 0.263 e. The molecule has 0 aliphatic carbocycles. The van der Waals surface area contributed by atoms with Crippen molar-refractivity contribution >= 4 is 12.2 Å². The lowest BCUT2D eigenvalue weighted by Gasteiger charge is -2.29. The highest BCUT2D eigenvalue weighted by molar-refractivity contribution is 5.81. The summed E-state index contributed by atoms with van der Waals surface area (Å²) in [6.45, 7) is 4.05. The first-order valence-electron chi connectivity index (χ1n) is 6.29. The van der Waals surface area contributed by atoms with Gasteiger partial charge in [-0.3, -0.25) is 9.59 Å². The molecule has 1 atom stereocenters. The van der Waals surface area contributed by atoms with Gasteiger partial charge in [-0.15, -0.1) is 0 Å². The molecule has 0 spiro atoms. The minimum Gasteiger partial charge on any atom is -0.481 e. The first-order valence-corrected chi connectivity index (χ1v) is 6.29. The van der Waals surface area contributed by atoms with E-state index in [-0.39, 0.29) is 5.91 Å². The van der Waals surface area contributed by atoms with Crippen LogP contribution in [-0.4, -0.2) is 49.5 Å². The van der Waals surface area contributed by atoms with Gasteiger partial charge in [-0.2, -0.15) is 0 Å². The summed E-state index contributed by atoms with van der Waals surface area (Å²) < 4.78 is 10.8. The molecule has 0 aromatic heterocycles. The van der Waals surface area contributed by atoms with Gasteiger partial charge in [-0.05, 0) is 19.1 Å². The minimum atomic E-state index is -0.569. The number of morpholine rings is 1. The first kappa shape index (κ1) is 13.5. The van der Waals surface area contributed by atoms with E-state index < -0.39 is 6.10 Å². The summed E-state index contributed by atoms with van der Waals surface area (Å²) in [5.74, 6) is 0.471. The standard InChI is InChI=1S/C14H17NO4/c1-11(14(17)15-5-7-18-8-6-15)19-13-4-2-3-12(9-13)10-16/h2-4,9-11H,5-8H2,1H3. The number of hydrogen-bond acceptors (Lipinski definition) is 4. The Morgan fingerprint density at radius 1 is 1.42 bits per heavy atom. The zero-order chi connectivity index (χ0) is 13.7. The number of hydrogen-bond donors (Lipinski definition) is 0. The van der Waals surface area contributed by atoms with Gasteiger partial charge in [-0.1, -0.05) is 12.1 Å². The highest BCUT2D eigenvalue weighted by atomic mass is 16.5. The SMILES string of the molecule is CC(Oc1cccc(C=O)c1)C(=O)N1CCOCC1. The van der Waals surface area contributed by atoms with Crippen LogP contribution in [0.4, 0.5) is 0 Å². The normalized spacial score (nSPS) is 16.8. The lowest BCUT2D eigenvalue weighted by atomic mass is 10.2. The molecule has 1 aliphatic rings. The Morgan fingerprint density at radius 3 is 2.84 bits per heavy atom. The molecule has 0 radical (unpaired) electrons. The number of benzene rings is 1. The van der Waals surface area contributed by atoms with E-state index in [9.17, 15) is 9.59 Å². The van der Waals surface area contributed by atoms with E-state index in [4.69, 9.17) is 9.47 Å². The highest BCUT2D eigenvalue weighted by Gasteiger charge is 2.23. The Hall–Kier alpha value is -1.88. The first-order chi connectivity index (χ1) is 9.20. The van der Waals surface area contributed by atoms with Crippen molar-refractivity contribution in [3.8, 4) is 5.75 Å². The fraction of sp³-hybridized carbons (Fsp3) is 0.429. The number of nitrogens with zero attached hydrogens (tertiary/aromatic N) is 1. The van der Waals surface area contributed by atoms with Crippen LogP contribution in [0.5, 0.6) is 5.75 Å². The highest BCUT2D eigenvalue weighted by Crippen LogP contribution is 2.15. The van der Waals surface area contributed by atoms with Gasteiger partial charge in [0.2, 0.25) is 0 Å². The third-order valence-corrected chi connectivity index (χ3v) is 2.98. The third kappa shape index (κ3) is 3.54. The van der Waals surface area contributed by atoms with Crippen molar-refractivity contribution in [2.45, 2.75) is 13.0 Å². The maximum Gasteiger partial charge on any atom is 0.263 e. The largest absolute Gasteiger partial charge is 0.481 e. The summed E-state index contributed by atoms with van der Waals surface area (Å²) in [4.78, 5) is 24.5. The molecule has 1 amide bonds. The van der Waals surface area contributed by atoms with E-state index in [0.717, 1.165) is 6.29 Å². The molecule has 102 valence electrons. The summed E-state index contributed by atoms with van der Waals surface area (Å²) in [6.07, 6.45) is 0.182. The van der Waals surface area contributed by atoms with E-state index in [1.165, 1.54) is 0 Å². The molecule has 1 aliphatic heterocycles. The molecule has 1 fully saturated rings. The molecule has 0 bridgehead atoms. The average Bonchev–Trinajstić information content (AvgIpc) is 2.47. The number of rotatable bonds is 4. The Labute approximate surface area is 112 Å². The third-order valence-electron chi connectivity index (χ3n) is 2.98. The maximum atomic E-state index is 12.1. The lowest BCUT2D eigenvalue weighted by Crippen LogP contribution is -2.46. The maximum absolute atomic E-state index is 12.1. The predicted molar refractivity (Wildman–Crippen MR) is 69.3 cm³/mol. The molecule has 1 aromatic rings. The minimum absolute atomic E-state index is 0.0557. The van der Waals surface area contributed by atoms with Gasteiger partial charge in [0.25, 0.3) is 5.91 Å². The van der Waals surface area contributed by atoms with Crippen LogP contribution in [0.25, 0.3) is 0 Å². The van der Waals surface area contributed by atoms with Gasteiger partial charge in [0.05, 0.1) is 13.2 Å². The van der Waals surface area contributed by atoms with Gasteiger partial charge >= 0.3 is 0 Å². The molecule has 0 saturated carbocycles. The number of ether oxygens (including phenoxy) is 2. The van der Waals surface area contributed by atoms with Crippen molar-refractivity contribution in [1.29, 1.82) is 0 Å². The fourth-order valence-corrected chi connectivity index (χ4v) is 1.96. The molecule has 1 heterocycles. The molecular formula is C14H17NO4. The summed E-state index contributed by atoms with van der Waals surface area (Å²) in [5.41, 5.74) is 0.531. The van der Waals surface area contributed by atoms with Gasteiger partial charge in [0, 0.05) is 18.7 Å². The summed E-state index contributed by atoms with van der Waals surface area (Å²) >= 11 is 0. The number of carbonyl (C=O) groups is 2. The quantitative estimate of drug-likeness (QED) is 0.764. The molecule has 1 aromatic carbocycles. The van der Waals surface area contributed by atoms with Gasteiger partial charge in [0.15, 0.2) is 6.10 Å². The second-order valence-electron chi connectivity index (χ2n) is 4.39. The summed E-state index contributed by atoms with van der Waals surface area (Å²) in [7, 11) is 0. The Kier molecular flexibility index (Phi) is 4.52. The molecular weight excluding hydrogens is 246 g/mol. The second-order valence-corrected chi connectivity index (χ2v) is 4.39. The van der Waals surface area contributed by atoms with E-state index in [1.807, 2.05) is 0 Å². The van der Waals surface area contributed by atoms with Gasteiger partial charge < -0.3 is 14.4 Å². The van der Waals surface area contributed by atoms with Crippen LogP contribution in [0, 0.1) is 0 Å². The van der Waals surface area contributed by atoms with Crippen LogP contribution in [0.1, 0.15) is 17.3 Å². The van der Waals surface area contributed by atoms with E-state index in [1.54, 1.807) is 36.1 Å². The van der Waals surface area contributed by atoms with E-state index in [0.29, 0.717) is 37.6 Å². The van der Waals surface area contributed by atoms with Crippen LogP contribution in [0.2, 0.25) is 0 Å². The Bertz CT molecular complexity index is 455. The van der Waals surface area contributed by atoms with Crippen molar-refractivity contribution in [3.63, 3.8) is 0 Å². The van der Waals surface area contributed by atoms with E-state index in [2.05, 4.69) is 0 Å². The van der Waals surface area contributed by atoms with Crippen molar-refractivity contribution < 1.29 is 19.1 Å². The summed E-state index contributed by atoms with van der Waals surface area (Å²) in [6, 6.07) is 6.77. The molecule has 5 heteroatoms. The topological polar surface area (TPSA) is 55.8 Å². The van der Waals surface area contributed by atoms with Crippen LogP contribution in [0.3, 0.4) is 0 Å². The van der Waals surface area contributed by atoms with E-state index >= 15 is 0 Å². The Morgan fingerprint density at radius 2 is 2.16 bits per heavy atom. The summed E-state index contributed by atoms with van der Waals surface area (Å²) in [5, 5.41) is 0. The zero-order valence-electron chi connectivity index (χ0n) is 10.9. The van der Waals surface area contributed by atoms with Crippen LogP contribution < -0.4 is 4.74 Å². The van der Waals surface area contributed by atoms with Crippen molar-refractivity contribution in [2.75, 3.05) is 26.3 Å². The molecule has 1 unspecified atom stereocenters. The van der Waals surface area contributed by atoms with Crippen LogP contribution in [-0.2, 0) is 9.53 Å². The van der Waals surface area contributed by atoms with Crippen molar-refractivity contribution in [1.82, 2.24) is 4.90 Å². The Balaban J connectivity index is 1.97. The monoisotopic (exact) mass is 263 g/mol. The number of aldehydes is 1. The van der Waals surface area contributed by atoms with Gasteiger partial charge in [0.1, 0.15) is 12.0 Å². The molecule has 2 rings (SSSR count). The average molecular weight is 263 g/mol. The molecule has 0 N–H and O–H groups in total. The van der Waals surface area contributed by atoms with Crippen molar-refractivity contribution in [3.05, 3.63) is 29.8 Å². The lowest BCUT2D eigenvalue weighted by molar-refractivity contribution is -0.142. The molecule has 1 saturated heterocycles. The molecule has 19 heavy (non-hydrogen) atoms. The zero-order valence-corrected chi connectivity index (χ0v) is 10.9.